The normalized spacial score (nSPS) is 10.9. The molecule has 0 spiro atoms. The van der Waals surface area contributed by atoms with Crippen LogP contribution in [0.15, 0.2) is 36.4 Å². The number of hydrogen-bond acceptors (Lipinski definition) is 1. The van der Waals surface area contributed by atoms with E-state index in [1.165, 1.54) is 11.6 Å². The molecule has 0 atom stereocenters. The Balaban J connectivity index is 2.43. The number of phenolic OH excluding ortho intramolecular Hbond substituents is 1. The van der Waals surface area contributed by atoms with Crippen molar-refractivity contribution in [3.05, 3.63) is 53.3 Å². The lowest BCUT2D eigenvalue weighted by atomic mass is 9.98. The molecule has 94 valence electrons. The Kier molecular flexibility index (Phi) is 3.37. The van der Waals surface area contributed by atoms with Gasteiger partial charge in [-0.05, 0) is 47.2 Å². The molecule has 0 unspecified atom stereocenters. The third-order valence-corrected chi connectivity index (χ3v) is 3.16. The zero-order valence-electron chi connectivity index (χ0n) is 10.9. The Morgan fingerprint density at radius 2 is 1.61 bits per heavy atom. The van der Waals surface area contributed by atoms with Crippen molar-refractivity contribution >= 4 is 0 Å². The molecule has 18 heavy (non-hydrogen) atoms. The minimum Gasteiger partial charge on any atom is -0.505 e. The van der Waals surface area contributed by atoms with Crippen LogP contribution in [-0.2, 0) is 0 Å². The summed E-state index contributed by atoms with van der Waals surface area (Å²) in [5, 5.41) is 9.42. The van der Waals surface area contributed by atoms with Crippen molar-refractivity contribution in [2.75, 3.05) is 0 Å². The average Bonchev–Trinajstić information content (AvgIpc) is 2.35. The number of phenols is 1. The first kappa shape index (κ1) is 12.6. The fraction of sp³-hybridized carbons (Fsp3) is 0.250. The van der Waals surface area contributed by atoms with Gasteiger partial charge in [0.05, 0.1) is 0 Å². The molecular formula is C16H17FO. The van der Waals surface area contributed by atoms with Crippen LogP contribution in [0.3, 0.4) is 0 Å². The minimum atomic E-state index is -0.571. The molecule has 0 aliphatic rings. The highest BCUT2D eigenvalue weighted by Gasteiger charge is 2.08. The van der Waals surface area contributed by atoms with E-state index in [2.05, 4.69) is 26.0 Å². The molecule has 1 N–H and O–H groups in total. The van der Waals surface area contributed by atoms with Gasteiger partial charge in [0.2, 0.25) is 0 Å². The first-order valence-corrected chi connectivity index (χ1v) is 6.08. The first-order chi connectivity index (χ1) is 8.49. The van der Waals surface area contributed by atoms with Gasteiger partial charge in [0.25, 0.3) is 0 Å². The highest BCUT2D eigenvalue weighted by atomic mass is 19.1. The van der Waals surface area contributed by atoms with Crippen LogP contribution in [0.25, 0.3) is 11.1 Å². The number of benzene rings is 2. The molecule has 0 amide bonds. The molecule has 0 radical (unpaired) electrons. The van der Waals surface area contributed by atoms with Crippen LogP contribution in [0, 0.1) is 12.7 Å². The van der Waals surface area contributed by atoms with E-state index in [9.17, 15) is 9.50 Å². The van der Waals surface area contributed by atoms with Crippen LogP contribution < -0.4 is 0 Å². The van der Waals surface area contributed by atoms with Crippen molar-refractivity contribution in [1.82, 2.24) is 0 Å². The van der Waals surface area contributed by atoms with Crippen molar-refractivity contribution in [2.24, 2.45) is 0 Å². The van der Waals surface area contributed by atoms with Crippen molar-refractivity contribution in [2.45, 2.75) is 26.7 Å². The van der Waals surface area contributed by atoms with E-state index in [0.717, 1.165) is 11.1 Å². The topological polar surface area (TPSA) is 20.2 Å². The Morgan fingerprint density at radius 1 is 1.00 bits per heavy atom. The van der Waals surface area contributed by atoms with E-state index in [-0.39, 0.29) is 5.75 Å². The van der Waals surface area contributed by atoms with E-state index in [0.29, 0.717) is 11.5 Å². The molecule has 2 aromatic rings. The molecular weight excluding hydrogens is 227 g/mol. The fourth-order valence-corrected chi connectivity index (χ4v) is 1.96. The van der Waals surface area contributed by atoms with E-state index in [4.69, 9.17) is 0 Å². The van der Waals surface area contributed by atoms with Crippen LogP contribution in [-0.4, -0.2) is 5.11 Å². The van der Waals surface area contributed by atoms with Crippen LogP contribution in [0.2, 0.25) is 0 Å². The molecule has 0 heterocycles. The van der Waals surface area contributed by atoms with Gasteiger partial charge in [-0.15, -0.1) is 0 Å². The molecule has 2 rings (SSSR count). The number of halogens is 1. The Morgan fingerprint density at radius 3 is 2.11 bits per heavy atom. The number of hydrogen-bond donors (Lipinski definition) is 1. The lowest BCUT2D eigenvalue weighted by Crippen LogP contribution is -1.88. The van der Waals surface area contributed by atoms with Crippen LogP contribution in [0.5, 0.6) is 5.75 Å². The standard InChI is InChI=1S/C16H17FO/c1-10(2)12-4-6-13(7-5-12)14-8-11(3)16(18)15(17)9-14/h4-10,18H,1-3H3. The van der Waals surface area contributed by atoms with Crippen LogP contribution >= 0.6 is 0 Å². The summed E-state index contributed by atoms with van der Waals surface area (Å²) in [4.78, 5) is 0. The average molecular weight is 244 g/mol. The molecule has 0 fully saturated rings. The quantitative estimate of drug-likeness (QED) is 0.816. The maximum absolute atomic E-state index is 13.5. The lowest BCUT2D eigenvalue weighted by molar-refractivity contribution is 0.429. The van der Waals surface area contributed by atoms with E-state index >= 15 is 0 Å². The summed E-state index contributed by atoms with van der Waals surface area (Å²) in [7, 11) is 0. The summed E-state index contributed by atoms with van der Waals surface area (Å²) < 4.78 is 13.5. The summed E-state index contributed by atoms with van der Waals surface area (Å²) in [5.74, 6) is -0.354. The minimum absolute atomic E-state index is 0.266. The number of aryl methyl sites for hydroxylation is 1. The van der Waals surface area contributed by atoms with Gasteiger partial charge >= 0.3 is 0 Å². The predicted octanol–water partition coefficient (Wildman–Crippen LogP) is 4.63. The van der Waals surface area contributed by atoms with Crippen molar-refractivity contribution in [3.63, 3.8) is 0 Å². The SMILES string of the molecule is Cc1cc(-c2ccc(C(C)C)cc2)cc(F)c1O. The second-order valence-corrected chi connectivity index (χ2v) is 4.90. The highest BCUT2D eigenvalue weighted by Crippen LogP contribution is 2.29. The molecule has 2 aromatic carbocycles. The zero-order chi connectivity index (χ0) is 13.3. The summed E-state index contributed by atoms with van der Waals surface area (Å²) in [6, 6.07) is 11.2. The van der Waals surface area contributed by atoms with Gasteiger partial charge in [0, 0.05) is 0 Å². The van der Waals surface area contributed by atoms with Crippen molar-refractivity contribution in [1.29, 1.82) is 0 Å². The molecule has 0 saturated heterocycles. The Bertz CT molecular complexity index is 533. The van der Waals surface area contributed by atoms with Crippen molar-refractivity contribution in [3.8, 4) is 16.9 Å². The number of aromatic hydroxyl groups is 1. The summed E-state index contributed by atoms with van der Waals surface area (Å²) in [6.45, 7) is 5.98. The molecule has 1 nitrogen and oxygen atoms in total. The van der Waals surface area contributed by atoms with Gasteiger partial charge in [-0.2, -0.15) is 0 Å². The van der Waals surface area contributed by atoms with Gasteiger partial charge < -0.3 is 5.11 Å². The maximum atomic E-state index is 13.5. The van der Waals surface area contributed by atoms with Crippen LogP contribution in [0.4, 0.5) is 4.39 Å². The third kappa shape index (κ3) is 2.37. The van der Waals surface area contributed by atoms with Gasteiger partial charge in [0.1, 0.15) is 0 Å². The molecule has 0 aliphatic heterocycles. The molecule has 0 saturated carbocycles. The molecule has 0 bridgehead atoms. The predicted molar refractivity (Wildman–Crippen MR) is 72.3 cm³/mol. The summed E-state index contributed by atoms with van der Waals surface area (Å²) >= 11 is 0. The highest BCUT2D eigenvalue weighted by molar-refractivity contribution is 5.66. The fourth-order valence-electron chi connectivity index (χ4n) is 1.96. The third-order valence-electron chi connectivity index (χ3n) is 3.16. The van der Waals surface area contributed by atoms with Gasteiger partial charge in [-0.3, -0.25) is 0 Å². The Hall–Kier alpha value is -1.83. The van der Waals surface area contributed by atoms with E-state index in [1.54, 1.807) is 13.0 Å². The van der Waals surface area contributed by atoms with Gasteiger partial charge in [0.15, 0.2) is 11.6 Å². The smallest absolute Gasteiger partial charge is 0.165 e. The second kappa shape index (κ2) is 4.81. The monoisotopic (exact) mass is 244 g/mol. The largest absolute Gasteiger partial charge is 0.505 e. The molecule has 0 aliphatic carbocycles. The molecule has 2 heteroatoms. The molecule has 0 aromatic heterocycles. The van der Waals surface area contributed by atoms with E-state index in [1.807, 2.05) is 12.1 Å². The first-order valence-electron chi connectivity index (χ1n) is 6.08. The van der Waals surface area contributed by atoms with Crippen LogP contribution in [0.1, 0.15) is 30.9 Å². The van der Waals surface area contributed by atoms with Crippen molar-refractivity contribution < 1.29 is 9.50 Å². The number of rotatable bonds is 2. The maximum Gasteiger partial charge on any atom is 0.165 e. The Labute approximate surface area is 107 Å². The lowest BCUT2D eigenvalue weighted by Gasteiger charge is -2.09. The summed E-state index contributed by atoms with van der Waals surface area (Å²) in [5.41, 5.74) is 3.56. The van der Waals surface area contributed by atoms with E-state index < -0.39 is 5.82 Å². The van der Waals surface area contributed by atoms with Gasteiger partial charge in [-0.1, -0.05) is 38.1 Å². The zero-order valence-corrected chi connectivity index (χ0v) is 10.9. The van der Waals surface area contributed by atoms with Gasteiger partial charge in [-0.25, -0.2) is 4.39 Å². The summed E-state index contributed by atoms with van der Waals surface area (Å²) in [6.07, 6.45) is 0. The second-order valence-electron chi connectivity index (χ2n) is 4.90.